The molecular formula is C18H18ClN3O5. The number of allylic oxidation sites excluding steroid dienone is 2. The van der Waals surface area contributed by atoms with Gasteiger partial charge in [0.25, 0.3) is 5.91 Å². The van der Waals surface area contributed by atoms with Gasteiger partial charge in [-0.2, -0.15) is 5.26 Å². The van der Waals surface area contributed by atoms with Crippen LogP contribution in [0.4, 0.5) is 0 Å². The van der Waals surface area contributed by atoms with Crippen molar-refractivity contribution in [1.29, 1.82) is 5.26 Å². The summed E-state index contributed by atoms with van der Waals surface area (Å²) in [5.41, 5.74) is 11.6. The van der Waals surface area contributed by atoms with Gasteiger partial charge in [0.05, 0.1) is 23.1 Å². The molecule has 4 N–H and O–H groups in total. The van der Waals surface area contributed by atoms with Gasteiger partial charge in [-0.15, -0.1) is 0 Å². The van der Waals surface area contributed by atoms with Crippen LogP contribution in [-0.2, 0) is 19.1 Å². The third-order valence-electron chi connectivity index (χ3n) is 3.76. The average Bonchev–Trinajstić information content (AvgIpc) is 2.60. The number of hydrogen-bond donors (Lipinski definition) is 2. The van der Waals surface area contributed by atoms with E-state index in [1.54, 1.807) is 19.9 Å². The van der Waals surface area contributed by atoms with Crippen LogP contribution in [0.1, 0.15) is 25.3 Å². The number of ether oxygens (including phenoxy) is 3. The van der Waals surface area contributed by atoms with Crippen molar-refractivity contribution in [1.82, 2.24) is 0 Å². The summed E-state index contributed by atoms with van der Waals surface area (Å²) < 4.78 is 15.6. The van der Waals surface area contributed by atoms with Gasteiger partial charge in [-0.05, 0) is 31.5 Å². The highest BCUT2D eigenvalue weighted by molar-refractivity contribution is 6.32. The molecule has 142 valence electrons. The number of primary amides is 1. The Labute approximate surface area is 160 Å². The van der Waals surface area contributed by atoms with E-state index in [4.69, 9.17) is 37.3 Å². The number of nitrogens with zero attached hydrogens (tertiary/aromatic N) is 1. The Hall–Kier alpha value is -3.18. The maximum absolute atomic E-state index is 12.4. The van der Waals surface area contributed by atoms with Crippen LogP contribution in [0.5, 0.6) is 5.75 Å². The van der Waals surface area contributed by atoms with Gasteiger partial charge in [0.15, 0.2) is 6.61 Å². The normalized spacial score (nSPS) is 16.4. The van der Waals surface area contributed by atoms with E-state index in [-0.39, 0.29) is 46.8 Å². The number of halogens is 1. The molecule has 1 amide bonds. The highest BCUT2D eigenvalue weighted by Crippen LogP contribution is 2.41. The van der Waals surface area contributed by atoms with Crippen LogP contribution in [0.2, 0.25) is 5.02 Å². The molecule has 1 aromatic rings. The molecule has 0 spiro atoms. The molecular weight excluding hydrogens is 374 g/mol. The zero-order valence-electron chi connectivity index (χ0n) is 14.7. The molecule has 1 atom stereocenters. The molecule has 27 heavy (non-hydrogen) atoms. The molecule has 0 saturated heterocycles. The molecule has 8 nitrogen and oxygen atoms in total. The lowest BCUT2D eigenvalue weighted by molar-refractivity contribution is -0.139. The summed E-state index contributed by atoms with van der Waals surface area (Å²) in [5, 5.41) is 9.70. The van der Waals surface area contributed by atoms with Crippen molar-refractivity contribution in [3.63, 3.8) is 0 Å². The van der Waals surface area contributed by atoms with Gasteiger partial charge < -0.3 is 25.7 Å². The van der Waals surface area contributed by atoms with Crippen LogP contribution in [0.3, 0.4) is 0 Å². The molecule has 0 saturated carbocycles. The number of amides is 1. The van der Waals surface area contributed by atoms with E-state index in [0.717, 1.165) is 0 Å². The Kier molecular flexibility index (Phi) is 6.32. The van der Waals surface area contributed by atoms with Crippen LogP contribution in [-0.4, -0.2) is 25.1 Å². The third kappa shape index (κ3) is 4.33. The lowest BCUT2D eigenvalue weighted by Crippen LogP contribution is -2.25. The van der Waals surface area contributed by atoms with E-state index in [1.165, 1.54) is 12.1 Å². The molecule has 1 aliphatic rings. The number of benzene rings is 1. The minimum atomic E-state index is -0.814. The maximum atomic E-state index is 12.4. The van der Waals surface area contributed by atoms with E-state index in [2.05, 4.69) is 0 Å². The molecule has 9 heteroatoms. The average molecular weight is 392 g/mol. The topological polar surface area (TPSA) is 138 Å². The monoisotopic (exact) mass is 391 g/mol. The summed E-state index contributed by atoms with van der Waals surface area (Å²) in [5.74, 6) is -1.71. The quantitative estimate of drug-likeness (QED) is 0.705. The van der Waals surface area contributed by atoms with Crippen LogP contribution in [0.15, 0.2) is 41.0 Å². The second-order valence-corrected chi connectivity index (χ2v) is 5.97. The summed E-state index contributed by atoms with van der Waals surface area (Å²) in [6, 6.07) is 6.61. The van der Waals surface area contributed by atoms with Gasteiger partial charge in [0.1, 0.15) is 23.2 Å². The van der Waals surface area contributed by atoms with Crippen LogP contribution < -0.4 is 16.2 Å². The minimum Gasteiger partial charge on any atom is -0.482 e. The Morgan fingerprint density at radius 3 is 2.67 bits per heavy atom. The molecule has 0 radical (unpaired) electrons. The van der Waals surface area contributed by atoms with Gasteiger partial charge >= 0.3 is 5.97 Å². The molecule has 0 fully saturated rings. The highest BCUT2D eigenvalue weighted by Gasteiger charge is 2.36. The van der Waals surface area contributed by atoms with Crippen LogP contribution in [0, 0.1) is 11.3 Å². The number of nitriles is 1. The standard InChI is InChI=1S/C18H18ClN3O5/c1-3-25-18(24)15-9(2)27-17(22)11(7-20)16(15)10-4-5-13(12(19)6-10)26-8-14(21)23/h4-6,16H,3,8,22H2,1-2H3,(H2,21,23). The van der Waals surface area contributed by atoms with Crippen molar-refractivity contribution < 1.29 is 23.8 Å². The summed E-state index contributed by atoms with van der Waals surface area (Å²) in [7, 11) is 0. The molecule has 1 aliphatic heterocycles. The predicted molar refractivity (Wildman–Crippen MR) is 96.1 cm³/mol. The zero-order valence-corrected chi connectivity index (χ0v) is 15.5. The van der Waals surface area contributed by atoms with Crippen LogP contribution >= 0.6 is 11.6 Å². The fourth-order valence-electron chi connectivity index (χ4n) is 2.65. The SMILES string of the molecule is CCOC(=O)C1=C(C)OC(N)=C(C#N)C1c1ccc(OCC(N)=O)c(Cl)c1. The van der Waals surface area contributed by atoms with Crippen molar-refractivity contribution >= 4 is 23.5 Å². The fourth-order valence-corrected chi connectivity index (χ4v) is 2.89. The third-order valence-corrected chi connectivity index (χ3v) is 4.06. The number of esters is 1. The van der Waals surface area contributed by atoms with Gasteiger partial charge in [-0.1, -0.05) is 17.7 Å². The predicted octanol–water partition coefficient (Wildman–Crippen LogP) is 1.85. The molecule has 0 bridgehead atoms. The van der Waals surface area contributed by atoms with Crippen molar-refractivity contribution in [3.05, 3.63) is 51.6 Å². The first-order valence-electron chi connectivity index (χ1n) is 7.96. The second kappa shape index (κ2) is 8.47. The van der Waals surface area contributed by atoms with Gasteiger partial charge in [-0.3, -0.25) is 4.79 Å². The molecule has 1 unspecified atom stereocenters. The Balaban J connectivity index is 2.51. The maximum Gasteiger partial charge on any atom is 0.338 e. The summed E-state index contributed by atoms with van der Waals surface area (Å²) >= 11 is 6.21. The number of nitrogens with two attached hydrogens (primary N) is 2. The lowest BCUT2D eigenvalue weighted by atomic mass is 9.83. The number of carbonyl (C=O) groups excluding carboxylic acids is 2. The Morgan fingerprint density at radius 1 is 1.41 bits per heavy atom. The van der Waals surface area contributed by atoms with Crippen molar-refractivity contribution in [2.45, 2.75) is 19.8 Å². The van der Waals surface area contributed by atoms with E-state index in [1.807, 2.05) is 6.07 Å². The molecule has 0 aliphatic carbocycles. The molecule has 2 rings (SSSR count). The second-order valence-electron chi connectivity index (χ2n) is 5.56. The highest BCUT2D eigenvalue weighted by atomic mass is 35.5. The van der Waals surface area contributed by atoms with E-state index in [9.17, 15) is 14.9 Å². The van der Waals surface area contributed by atoms with E-state index >= 15 is 0 Å². The van der Waals surface area contributed by atoms with E-state index in [0.29, 0.717) is 5.56 Å². The molecule has 1 aromatic carbocycles. The summed E-state index contributed by atoms with van der Waals surface area (Å²) in [6.07, 6.45) is 0. The van der Waals surface area contributed by atoms with Crippen LogP contribution in [0.25, 0.3) is 0 Å². The first-order chi connectivity index (χ1) is 12.8. The molecule has 1 heterocycles. The number of hydrogen-bond acceptors (Lipinski definition) is 7. The van der Waals surface area contributed by atoms with Crippen molar-refractivity contribution in [3.8, 4) is 11.8 Å². The molecule has 0 aromatic heterocycles. The Morgan fingerprint density at radius 2 is 2.11 bits per heavy atom. The first-order valence-corrected chi connectivity index (χ1v) is 8.33. The van der Waals surface area contributed by atoms with E-state index < -0.39 is 17.8 Å². The zero-order chi connectivity index (χ0) is 20.1. The smallest absolute Gasteiger partial charge is 0.338 e. The summed E-state index contributed by atoms with van der Waals surface area (Å²) in [4.78, 5) is 23.3. The van der Waals surface area contributed by atoms with Gasteiger partial charge in [0.2, 0.25) is 5.88 Å². The van der Waals surface area contributed by atoms with Crippen molar-refractivity contribution in [2.75, 3.05) is 13.2 Å². The number of rotatable bonds is 6. The fraction of sp³-hybridized carbons (Fsp3) is 0.278. The first kappa shape index (κ1) is 20.1. The summed E-state index contributed by atoms with van der Waals surface area (Å²) in [6.45, 7) is 3.06. The van der Waals surface area contributed by atoms with Crippen molar-refractivity contribution in [2.24, 2.45) is 11.5 Å². The largest absolute Gasteiger partial charge is 0.482 e. The Bertz CT molecular complexity index is 885. The van der Waals surface area contributed by atoms with Gasteiger partial charge in [0, 0.05) is 0 Å². The van der Waals surface area contributed by atoms with Gasteiger partial charge in [-0.25, -0.2) is 4.79 Å². The minimum absolute atomic E-state index is 0.0607. The lowest BCUT2D eigenvalue weighted by Gasteiger charge is -2.27. The number of carbonyl (C=O) groups is 2.